The number of hydrogen-bond acceptors (Lipinski definition) is 5. The van der Waals surface area contributed by atoms with Gasteiger partial charge in [-0.1, -0.05) is 13.8 Å². The van der Waals surface area contributed by atoms with Crippen LogP contribution < -0.4 is 10.2 Å². The van der Waals surface area contributed by atoms with Gasteiger partial charge in [0.15, 0.2) is 5.82 Å². The molecule has 1 N–H and O–H groups in total. The highest BCUT2D eigenvalue weighted by Gasteiger charge is 2.24. The maximum atomic E-state index is 4.35. The Morgan fingerprint density at radius 3 is 2.68 bits per heavy atom. The van der Waals surface area contributed by atoms with E-state index in [1.165, 1.54) is 6.42 Å². The molecule has 1 atom stereocenters. The summed E-state index contributed by atoms with van der Waals surface area (Å²) in [6, 6.07) is 5.26. The molecule has 0 bridgehead atoms. The normalized spacial score (nSPS) is 19.7. The standard InChI is InChI=1S/C14H25N5/c1-11(2)15-9-12-5-6-14(17-16-12)19-8-7-13(10-19)18(3)4/h5-6,11,13,15H,7-10H2,1-4H3. The molecule has 2 heterocycles. The fourth-order valence-corrected chi connectivity index (χ4v) is 2.30. The summed E-state index contributed by atoms with van der Waals surface area (Å²) >= 11 is 0. The third-order valence-electron chi connectivity index (χ3n) is 3.61. The molecule has 0 spiro atoms. The van der Waals surface area contributed by atoms with E-state index in [0.717, 1.165) is 31.1 Å². The Bertz CT molecular complexity index is 387. The van der Waals surface area contributed by atoms with Crippen LogP contribution in [0.1, 0.15) is 26.0 Å². The van der Waals surface area contributed by atoms with Crippen LogP contribution in [0.3, 0.4) is 0 Å². The number of rotatable bonds is 5. The molecule has 1 aliphatic heterocycles. The molecular weight excluding hydrogens is 238 g/mol. The first-order valence-electron chi connectivity index (χ1n) is 7.03. The van der Waals surface area contributed by atoms with Crippen LogP contribution in [0.4, 0.5) is 5.82 Å². The average molecular weight is 263 g/mol. The Morgan fingerprint density at radius 2 is 2.16 bits per heavy atom. The van der Waals surface area contributed by atoms with Gasteiger partial charge >= 0.3 is 0 Å². The van der Waals surface area contributed by atoms with Gasteiger partial charge in [-0.2, -0.15) is 5.10 Å². The molecule has 5 nitrogen and oxygen atoms in total. The number of nitrogens with zero attached hydrogens (tertiary/aromatic N) is 4. The highest BCUT2D eigenvalue weighted by molar-refractivity contribution is 5.39. The first-order valence-corrected chi connectivity index (χ1v) is 7.03. The lowest BCUT2D eigenvalue weighted by Gasteiger charge is -2.20. The Labute approximate surface area is 116 Å². The minimum absolute atomic E-state index is 0.473. The largest absolute Gasteiger partial charge is 0.354 e. The zero-order chi connectivity index (χ0) is 13.8. The smallest absolute Gasteiger partial charge is 0.151 e. The highest BCUT2D eigenvalue weighted by atomic mass is 15.3. The first-order chi connectivity index (χ1) is 9.06. The van der Waals surface area contributed by atoms with Gasteiger partial charge in [0, 0.05) is 31.7 Å². The minimum atomic E-state index is 0.473. The van der Waals surface area contributed by atoms with Crippen LogP contribution >= 0.6 is 0 Å². The summed E-state index contributed by atoms with van der Waals surface area (Å²) in [6.07, 6.45) is 1.20. The molecule has 19 heavy (non-hydrogen) atoms. The second-order valence-electron chi connectivity index (χ2n) is 5.77. The van der Waals surface area contributed by atoms with Crippen molar-refractivity contribution in [3.05, 3.63) is 17.8 Å². The zero-order valence-corrected chi connectivity index (χ0v) is 12.4. The average Bonchev–Trinajstić information content (AvgIpc) is 2.86. The number of aromatic nitrogens is 2. The summed E-state index contributed by atoms with van der Waals surface area (Å²) in [4.78, 5) is 4.60. The van der Waals surface area contributed by atoms with Gasteiger partial charge in [-0.15, -0.1) is 5.10 Å². The Morgan fingerprint density at radius 1 is 1.37 bits per heavy atom. The van der Waals surface area contributed by atoms with E-state index in [1.54, 1.807) is 0 Å². The fraction of sp³-hybridized carbons (Fsp3) is 0.714. The van der Waals surface area contributed by atoms with Crippen LogP contribution in [-0.2, 0) is 6.54 Å². The van der Waals surface area contributed by atoms with Crippen LogP contribution in [-0.4, -0.2) is 54.4 Å². The van der Waals surface area contributed by atoms with Crippen LogP contribution in [0.5, 0.6) is 0 Å². The van der Waals surface area contributed by atoms with E-state index in [0.29, 0.717) is 12.1 Å². The molecule has 106 valence electrons. The van der Waals surface area contributed by atoms with Crippen molar-refractivity contribution in [3.63, 3.8) is 0 Å². The predicted octanol–water partition coefficient (Wildman–Crippen LogP) is 1.11. The second kappa shape index (κ2) is 6.30. The van der Waals surface area contributed by atoms with E-state index in [1.807, 2.05) is 0 Å². The summed E-state index contributed by atoms with van der Waals surface area (Å²) in [7, 11) is 4.28. The lowest BCUT2D eigenvalue weighted by Crippen LogP contribution is -2.31. The molecule has 1 aromatic rings. The van der Waals surface area contributed by atoms with Crippen molar-refractivity contribution in [1.29, 1.82) is 0 Å². The van der Waals surface area contributed by atoms with Crippen LogP contribution in [0, 0.1) is 0 Å². The Hall–Kier alpha value is -1.20. The van der Waals surface area contributed by atoms with Crippen molar-refractivity contribution in [2.24, 2.45) is 0 Å². The molecule has 0 aliphatic carbocycles. The van der Waals surface area contributed by atoms with Gasteiger partial charge in [-0.05, 0) is 32.6 Å². The van der Waals surface area contributed by atoms with Crippen LogP contribution in [0.25, 0.3) is 0 Å². The van der Waals surface area contributed by atoms with Gasteiger partial charge in [0.05, 0.1) is 5.69 Å². The van der Waals surface area contributed by atoms with Gasteiger partial charge in [0.25, 0.3) is 0 Å². The summed E-state index contributed by atoms with van der Waals surface area (Å²) in [5.41, 5.74) is 1.00. The molecule has 1 saturated heterocycles. The van der Waals surface area contributed by atoms with Crippen molar-refractivity contribution in [2.75, 3.05) is 32.1 Å². The van der Waals surface area contributed by atoms with Gasteiger partial charge in [0.1, 0.15) is 0 Å². The molecule has 0 saturated carbocycles. The summed E-state index contributed by atoms with van der Waals surface area (Å²) in [6.45, 7) is 7.17. The van der Waals surface area contributed by atoms with Gasteiger partial charge in [0.2, 0.25) is 0 Å². The van der Waals surface area contributed by atoms with Gasteiger partial charge < -0.3 is 15.1 Å². The number of hydrogen-bond donors (Lipinski definition) is 1. The molecule has 0 radical (unpaired) electrons. The Balaban J connectivity index is 1.92. The molecule has 1 unspecified atom stereocenters. The highest BCUT2D eigenvalue weighted by Crippen LogP contribution is 2.19. The van der Waals surface area contributed by atoms with E-state index in [4.69, 9.17) is 0 Å². The van der Waals surface area contributed by atoms with E-state index in [-0.39, 0.29) is 0 Å². The first kappa shape index (κ1) is 14.2. The monoisotopic (exact) mass is 263 g/mol. The quantitative estimate of drug-likeness (QED) is 0.862. The molecule has 1 fully saturated rings. The van der Waals surface area contributed by atoms with Crippen molar-refractivity contribution >= 4 is 5.82 Å². The minimum Gasteiger partial charge on any atom is -0.354 e. The topological polar surface area (TPSA) is 44.3 Å². The zero-order valence-electron chi connectivity index (χ0n) is 12.4. The van der Waals surface area contributed by atoms with Crippen LogP contribution in [0.15, 0.2) is 12.1 Å². The fourth-order valence-electron chi connectivity index (χ4n) is 2.30. The summed E-state index contributed by atoms with van der Waals surface area (Å²) in [5, 5.41) is 12.0. The predicted molar refractivity (Wildman–Crippen MR) is 78.3 cm³/mol. The van der Waals surface area contributed by atoms with E-state index < -0.39 is 0 Å². The van der Waals surface area contributed by atoms with Gasteiger partial charge in [-0.3, -0.25) is 0 Å². The summed E-state index contributed by atoms with van der Waals surface area (Å²) < 4.78 is 0. The maximum Gasteiger partial charge on any atom is 0.151 e. The summed E-state index contributed by atoms with van der Waals surface area (Å²) in [5.74, 6) is 0.998. The number of likely N-dealkylation sites (N-methyl/N-ethyl adjacent to an activating group) is 1. The number of anilines is 1. The van der Waals surface area contributed by atoms with Crippen molar-refractivity contribution in [2.45, 2.75) is 38.9 Å². The second-order valence-corrected chi connectivity index (χ2v) is 5.77. The molecular formula is C14H25N5. The molecule has 0 aromatic carbocycles. The van der Waals surface area contributed by atoms with Gasteiger partial charge in [-0.25, -0.2) is 0 Å². The number of nitrogens with one attached hydrogen (secondary N) is 1. The lowest BCUT2D eigenvalue weighted by molar-refractivity contribution is 0.315. The van der Waals surface area contributed by atoms with Crippen molar-refractivity contribution in [1.82, 2.24) is 20.4 Å². The Kier molecular flexibility index (Phi) is 4.71. The van der Waals surface area contributed by atoms with E-state index >= 15 is 0 Å². The maximum absolute atomic E-state index is 4.35. The van der Waals surface area contributed by atoms with Crippen molar-refractivity contribution < 1.29 is 0 Å². The molecule has 2 rings (SSSR count). The third kappa shape index (κ3) is 3.88. The molecule has 1 aliphatic rings. The van der Waals surface area contributed by atoms with E-state index in [9.17, 15) is 0 Å². The van der Waals surface area contributed by atoms with Crippen molar-refractivity contribution in [3.8, 4) is 0 Å². The molecule has 5 heteroatoms. The SMILES string of the molecule is CC(C)NCc1ccc(N2CCC(N(C)C)C2)nn1. The molecule has 1 aromatic heterocycles. The van der Waals surface area contributed by atoms with Crippen LogP contribution in [0.2, 0.25) is 0 Å². The van der Waals surface area contributed by atoms with E-state index in [2.05, 4.69) is 65.4 Å². The molecule has 0 amide bonds. The third-order valence-corrected chi connectivity index (χ3v) is 3.61. The lowest BCUT2D eigenvalue weighted by atomic mass is 10.2.